The Hall–Kier alpha value is -0.860. The van der Waals surface area contributed by atoms with E-state index in [2.05, 4.69) is 46.4 Å². The highest BCUT2D eigenvalue weighted by Gasteiger charge is 2.50. The van der Waals surface area contributed by atoms with E-state index in [0.29, 0.717) is 24.2 Å². The predicted octanol–water partition coefficient (Wildman–Crippen LogP) is 6.59. The summed E-state index contributed by atoms with van der Waals surface area (Å²) in [5.41, 5.74) is 3.88. The van der Waals surface area contributed by atoms with E-state index >= 15 is 0 Å². The molecule has 2 nitrogen and oxygen atoms in total. The van der Waals surface area contributed by atoms with Gasteiger partial charge in [0.05, 0.1) is 12.2 Å². The average Bonchev–Trinajstić information content (AvgIpc) is 3.00. The van der Waals surface area contributed by atoms with Crippen molar-refractivity contribution in [1.82, 2.24) is 0 Å². The maximum absolute atomic E-state index is 10.1. The molecule has 0 aliphatic heterocycles. The van der Waals surface area contributed by atoms with Crippen LogP contribution in [0.2, 0.25) is 0 Å². The molecule has 0 aromatic heterocycles. The molecule has 3 fully saturated rings. The lowest BCUT2D eigenvalue weighted by Crippen LogP contribution is -2.36. The Bertz CT molecular complexity index is 643. The minimum atomic E-state index is -0.595. The third-order valence-electron chi connectivity index (χ3n) is 8.43. The standard InChI is InChI=1S/C27H44O2/c1-18(2)8-6-9-19(3)24-13-14-25-21(10-7-15-27(24,25)5)11-12-22-16-23(28)17-26(29)20(22)4/h11-12,18-19,23-26,28-29H,4,6-10,13-17H2,1-3,5H3/b21-11+,22-12-/t19-,23+,24?,25-,26-,27+/m0/s1. The number of aliphatic hydroxyl groups is 2. The molecule has 6 atom stereocenters. The first-order chi connectivity index (χ1) is 13.7. The zero-order valence-corrected chi connectivity index (χ0v) is 19.3. The fraction of sp³-hybridized carbons (Fsp3) is 0.778. The van der Waals surface area contributed by atoms with Crippen molar-refractivity contribution in [2.24, 2.45) is 29.1 Å². The molecule has 164 valence electrons. The first-order valence-electron chi connectivity index (χ1n) is 12.2. The van der Waals surface area contributed by atoms with Crippen LogP contribution in [-0.4, -0.2) is 22.4 Å². The molecule has 0 spiro atoms. The van der Waals surface area contributed by atoms with Gasteiger partial charge in [-0.3, -0.25) is 0 Å². The highest BCUT2D eigenvalue weighted by molar-refractivity contribution is 5.38. The normalized spacial score (nSPS) is 39.3. The Labute approximate surface area is 179 Å². The van der Waals surface area contributed by atoms with Crippen molar-refractivity contribution in [2.75, 3.05) is 0 Å². The summed E-state index contributed by atoms with van der Waals surface area (Å²) >= 11 is 0. The molecule has 0 amide bonds. The van der Waals surface area contributed by atoms with Crippen molar-refractivity contribution in [3.63, 3.8) is 0 Å². The summed E-state index contributed by atoms with van der Waals surface area (Å²) in [4.78, 5) is 0. The third kappa shape index (κ3) is 5.07. The largest absolute Gasteiger partial charge is 0.393 e. The number of fused-ring (bicyclic) bond motifs is 1. The topological polar surface area (TPSA) is 40.5 Å². The lowest BCUT2D eigenvalue weighted by Gasteiger charge is -2.44. The molecule has 2 N–H and O–H groups in total. The van der Waals surface area contributed by atoms with Gasteiger partial charge in [-0.05, 0) is 78.8 Å². The molecule has 0 aromatic rings. The van der Waals surface area contributed by atoms with Gasteiger partial charge in [0.15, 0.2) is 0 Å². The van der Waals surface area contributed by atoms with Crippen LogP contribution in [0.15, 0.2) is 35.5 Å². The predicted molar refractivity (Wildman–Crippen MR) is 123 cm³/mol. The van der Waals surface area contributed by atoms with E-state index in [1.54, 1.807) is 5.57 Å². The SMILES string of the molecule is C=C1/C(=C\C=C2/CCC[C@]3(C)C([C@@H](C)CCCC(C)C)CC[C@@H]23)C[C@@H](O)C[C@@H]1O. The quantitative estimate of drug-likeness (QED) is 0.528. The van der Waals surface area contributed by atoms with Crippen molar-refractivity contribution >= 4 is 0 Å². The minimum Gasteiger partial charge on any atom is -0.393 e. The van der Waals surface area contributed by atoms with Crippen molar-refractivity contribution in [1.29, 1.82) is 0 Å². The summed E-state index contributed by atoms with van der Waals surface area (Å²) in [5, 5.41) is 20.2. The molecule has 1 unspecified atom stereocenters. The second kappa shape index (κ2) is 9.52. The van der Waals surface area contributed by atoms with Crippen LogP contribution in [0.5, 0.6) is 0 Å². The van der Waals surface area contributed by atoms with Crippen LogP contribution in [-0.2, 0) is 0 Å². The Morgan fingerprint density at radius 1 is 1.14 bits per heavy atom. The Kier molecular flexibility index (Phi) is 7.49. The second-order valence-electron chi connectivity index (χ2n) is 11.0. The van der Waals surface area contributed by atoms with Gasteiger partial charge in [-0.25, -0.2) is 0 Å². The summed E-state index contributed by atoms with van der Waals surface area (Å²) in [6, 6.07) is 0. The van der Waals surface area contributed by atoms with Crippen LogP contribution in [0.4, 0.5) is 0 Å². The maximum Gasteiger partial charge on any atom is 0.0811 e. The molecule has 0 saturated heterocycles. The van der Waals surface area contributed by atoms with Gasteiger partial charge in [0.2, 0.25) is 0 Å². The van der Waals surface area contributed by atoms with E-state index in [1.807, 2.05) is 0 Å². The summed E-state index contributed by atoms with van der Waals surface area (Å²) < 4.78 is 0. The molecule has 2 heteroatoms. The number of aliphatic hydroxyl groups excluding tert-OH is 2. The summed E-state index contributed by atoms with van der Waals surface area (Å²) in [7, 11) is 0. The van der Waals surface area contributed by atoms with Gasteiger partial charge in [-0.15, -0.1) is 0 Å². The summed E-state index contributed by atoms with van der Waals surface area (Å²) in [6.45, 7) is 13.8. The smallest absolute Gasteiger partial charge is 0.0811 e. The highest BCUT2D eigenvalue weighted by Crippen LogP contribution is 2.59. The monoisotopic (exact) mass is 400 g/mol. The van der Waals surface area contributed by atoms with Gasteiger partial charge in [0, 0.05) is 6.42 Å². The molecule has 0 heterocycles. The van der Waals surface area contributed by atoms with E-state index in [4.69, 9.17) is 0 Å². The first-order valence-corrected chi connectivity index (χ1v) is 12.2. The third-order valence-corrected chi connectivity index (χ3v) is 8.43. The van der Waals surface area contributed by atoms with Gasteiger partial charge in [-0.2, -0.15) is 0 Å². The molecule has 3 aliphatic rings. The molecule has 0 radical (unpaired) electrons. The van der Waals surface area contributed by atoms with Crippen LogP contribution in [0.25, 0.3) is 0 Å². The van der Waals surface area contributed by atoms with Crippen molar-refractivity contribution in [3.8, 4) is 0 Å². The van der Waals surface area contributed by atoms with E-state index in [-0.39, 0.29) is 0 Å². The van der Waals surface area contributed by atoms with E-state index < -0.39 is 12.2 Å². The van der Waals surface area contributed by atoms with E-state index in [0.717, 1.165) is 28.9 Å². The van der Waals surface area contributed by atoms with Gasteiger partial charge < -0.3 is 10.2 Å². The van der Waals surface area contributed by atoms with Crippen LogP contribution >= 0.6 is 0 Å². The van der Waals surface area contributed by atoms with E-state index in [1.165, 1.54) is 51.4 Å². The zero-order chi connectivity index (χ0) is 21.2. The molecule has 3 aliphatic carbocycles. The average molecular weight is 401 g/mol. The van der Waals surface area contributed by atoms with Crippen molar-refractivity contribution in [3.05, 3.63) is 35.5 Å². The van der Waals surface area contributed by atoms with Gasteiger partial charge in [-0.1, -0.05) is 71.3 Å². The molecule has 0 aromatic carbocycles. The van der Waals surface area contributed by atoms with Gasteiger partial charge >= 0.3 is 0 Å². The Balaban J connectivity index is 1.71. The van der Waals surface area contributed by atoms with Crippen molar-refractivity contribution in [2.45, 2.75) is 104 Å². The van der Waals surface area contributed by atoms with Crippen LogP contribution in [0, 0.1) is 29.1 Å². The Morgan fingerprint density at radius 2 is 1.90 bits per heavy atom. The fourth-order valence-electron chi connectivity index (χ4n) is 6.73. The minimum absolute atomic E-state index is 0.420. The molecule has 3 saturated carbocycles. The molecule has 0 bridgehead atoms. The second-order valence-corrected chi connectivity index (χ2v) is 11.0. The molecule has 3 rings (SSSR count). The van der Waals surface area contributed by atoms with Crippen molar-refractivity contribution < 1.29 is 10.2 Å². The molecule has 29 heavy (non-hydrogen) atoms. The van der Waals surface area contributed by atoms with Gasteiger partial charge in [0.1, 0.15) is 0 Å². The number of hydrogen-bond acceptors (Lipinski definition) is 2. The molecular weight excluding hydrogens is 356 g/mol. The van der Waals surface area contributed by atoms with Crippen LogP contribution < -0.4 is 0 Å². The van der Waals surface area contributed by atoms with Crippen LogP contribution in [0.3, 0.4) is 0 Å². The number of rotatable bonds is 6. The molecular formula is C27H44O2. The lowest BCUT2D eigenvalue weighted by molar-refractivity contribution is 0.0861. The first kappa shape index (κ1) is 22.8. The summed E-state index contributed by atoms with van der Waals surface area (Å²) in [6.07, 6.45) is 15.2. The number of hydrogen-bond donors (Lipinski definition) is 2. The van der Waals surface area contributed by atoms with Crippen LogP contribution in [0.1, 0.15) is 91.9 Å². The maximum atomic E-state index is 10.1. The lowest BCUT2D eigenvalue weighted by atomic mass is 9.60. The van der Waals surface area contributed by atoms with E-state index in [9.17, 15) is 10.2 Å². The number of allylic oxidation sites excluding steroid dienone is 3. The zero-order valence-electron chi connectivity index (χ0n) is 19.3. The Morgan fingerprint density at radius 3 is 2.62 bits per heavy atom. The van der Waals surface area contributed by atoms with Gasteiger partial charge in [0.25, 0.3) is 0 Å². The summed E-state index contributed by atoms with van der Waals surface area (Å²) in [5.74, 6) is 3.20. The highest BCUT2D eigenvalue weighted by atomic mass is 16.3. The fourth-order valence-corrected chi connectivity index (χ4v) is 6.73.